The number of rotatable bonds is 4. The molecule has 4 heteroatoms. The molecule has 0 aromatic heterocycles. The number of benzene rings is 1. The van der Waals surface area contributed by atoms with Gasteiger partial charge in [-0.1, -0.05) is 24.3 Å². The van der Waals surface area contributed by atoms with Crippen LogP contribution in [0.25, 0.3) is 0 Å². The summed E-state index contributed by atoms with van der Waals surface area (Å²) in [6.45, 7) is 4.14. The van der Waals surface area contributed by atoms with Crippen LogP contribution in [0.4, 0.5) is 0 Å². The Kier molecular flexibility index (Phi) is 2.80. The van der Waals surface area contributed by atoms with Crippen molar-refractivity contribution in [2.24, 2.45) is 0 Å². The molecule has 0 bridgehead atoms. The summed E-state index contributed by atoms with van der Waals surface area (Å²) < 4.78 is 25.6. The molecule has 1 aromatic carbocycles. The third kappa shape index (κ3) is 2.79. The van der Waals surface area contributed by atoms with E-state index in [-0.39, 0.29) is 5.25 Å². The van der Waals surface area contributed by atoms with Gasteiger partial charge in [-0.25, -0.2) is 13.1 Å². The van der Waals surface area contributed by atoms with Crippen LogP contribution in [0.15, 0.2) is 24.3 Å². The first kappa shape index (κ1) is 10.6. The second kappa shape index (κ2) is 3.94. The van der Waals surface area contributed by atoms with Crippen LogP contribution in [0.1, 0.15) is 24.0 Å². The molecule has 0 heterocycles. The molecule has 0 unspecified atom stereocenters. The molecule has 81 valence electrons. The van der Waals surface area contributed by atoms with E-state index >= 15 is 0 Å². The third-order valence-corrected chi connectivity index (χ3v) is 4.36. The molecule has 0 saturated heterocycles. The fourth-order valence-electron chi connectivity index (χ4n) is 1.34. The molecule has 1 aromatic rings. The molecule has 1 aliphatic rings. The molecule has 3 nitrogen and oxygen atoms in total. The standard InChI is InChI=1S/C11H14NO2S/c1-9-2-4-10(5-3-9)8-12-15(13,14)11-6-7-11/h2-5,11-12H,1,6-8H2. The summed E-state index contributed by atoms with van der Waals surface area (Å²) in [6.07, 6.45) is 1.60. The smallest absolute Gasteiger partial charge is 0.212 e. The van der Waals surface area contributed by atoms with Gasteiger partial charge in [0.2, 0.25) is 10.0 Å². The molecule has 1 N–H and O–H groups in total. The highest BCUT2D eigenvalue weighted by Crippen LogP contribution is 2.27. The van der Waals surface area contributed by atoms with Crippen molar-refractivity contribution in [2.75, 3.05) is 0 Å². The maximum Gasteiger partial charge on any atom is 0.214 e. The molecule has 0 amide bonds. The zero-order valence-corrected chi connectivity index (χ0v) is 9.26. The first-order valence-electron chi connectivity index (χ1n) is 4.97. The minimum absolute atomic E-state index is 0.149. The van der Waals surface area contributed by atoms with Gasteiger partial charge in [-0.2, -0.15) is 0 Å². The van der Waals surface area contributed by atoms with Crippen LogP contribution in [0.2, 0.25) is 0 Å². The largest absolute Gasteiger partial charge is 0.214 e. The van der Waals surface area contributed by atoms with E-state index < -0.39 is 10.0 Å². The van der Waals surface area contributed by atoms with Gasteiger partial charge in [0.05, 0.1) is 5.25 Å². The van der Waals surface area contributed by atoms with E-state index in [4.69, 9.17) is 0 Å². The molecule has 0 aliphatic heterocycles. The van der Waals surface area contributed by atoms with E-state index in [0.29, 0.717) is 6.54 Å². The van der Waals surface area contributed by atoms with Crippen LogP contribution in [0, 0.1) is 6.92 Å². The third-order valence-electron chi connectivity index (χ3n) is 2.46. The first-order valence-corrected chi connectivity index (χ1v) is 6.52. The normalized spacial score (nSPS) is 16.6. The summed E-state index contributed by atoms with van der Waals surface area (Å²) in [4.78, 5) is 0. The Morgan fingerprint density at radius 3 is 2.40 bits per heavy atom. The topological polar surface area (TPSA) is 46.2 Å². The molecule has 2 rings (SSSR count). The van der Waals surface area contributed by atoms with E-state index in [0.717, 1.165) is 24.0 Å². The summed E-state index contributed by atoms with van der Waals surface area (Å²) >= 11 is 0. The summed E-state index contributed by atoms with van der Waals surface area (Å²) in [7, 11) is -3.06. The first-order chi connectivity index (χ1) is 7.08. The Balaban J connectivity index is 1.95. The number of nitrogens with one attached hydrogen (secondary N) is 1. The van der Waals surface area contributed by atoms with Crippen molar-refractivity contribution >= 4 is 10.0 Å². The molecule has 0 atom stereocenters. The van der Waals surface area contributed by atoms with Gasteiger partial charge in [0.1, 0.15) is 0 Å². The average Bonchev–Trinajstić information content (AvgIpc) is 3.00. The minimum Gasteiger partial charge on any atom is -0.212 e. The lowest BCUT2D eigenvalue weighted by Gasteiger charge is -2.05. The number of hydrogen-bond acceptors (Lipinski definition) is 2. The lowest BCUT2D eigenvalue weighted by atomic mass is 10.2. The van der Waals surface area contributed by atoms with Crippen molar-refractivity contribution < 1.29 is 8.42 Å². The van der Waals surface area contributed by atoms with Gasteiger partial charge >= 0.3 is 0 Å². The maximum atomic E-state index is 11.5. The molecule has 15 heavy (non-hydrogen) atoms. The molecule has 1 fully saturated rings. The SMILES string of the molecule is [CH2]c1ccc(CNS(=O)(=O)C2CC2)cc1. The van der Waals surface area contributed by atoms with Crippen molar-refractivity contribution in [1.29, 1.82) is 0 Å². The summed E-state index contributed by atoms with van der Waals surface area (Å²) in [6, 6.07) is 7.52. The van der Waals surface area contributed by atoms with Crippen molar-refractivity contribution in [3.05, 3.63) is 42.3 Å². The summed E-state index contributed by atoms with van der Waals surface area (Å²) in [5.74, 6) is 0. The zero-order chi connectivity index (χ0) is 10.9. The van der Waals surface area contributed by atoms with Crippen LogP contribution in [0.5, 0.6) is 0 Å². The molecule has 0 spiro atoms. The molecule has 1 aliphatic carbocycles. The van der Waals surface area contributed by atoms with E-state index in [1.165, 1.54) is 0 Å². The molecule has 1 radical (unpaired) electrons. The van der Waals surface area contributed by atoms with E-state index in [2.05, 4.69) is 11.6 Å². The quantitative estimate of drug-likeness (QED) is 0.841. The lowest BCUT2D eigenvalue weighted by molar-refractivity contribution is 0.580. The van der Waals surface area contributed by atoms with Crippen molar-refractivity contribution in [2.45, 2.75) is 24.6 Å². The van der Waals surface area contributed by atoms with Crippen molar-refractivity contribution in [1.82, 2.24) is 4.72 Å². The predicted molar refractivity (Wildman–Crippen MR) is 59.7 cm³/mol. The second-order valence-corrected chi connectivity index (χ2v) is 5.93. The van der Waals surface area contributed by atoms with Gasteiger partial charge in [0.25, 0.3) is 0 Å². The van der Waals surface area contributed by atoms with Crippen LogP contribution in [-0.4, -0.2) is 13.7 Å². The highest BCUT2D eigenvalue weighted by atomic mass is 32.2. The average molecular weight is 224 g/mol. The Labute approximate surface area is 90.6 Å². The highest BCUT2D eigenvalue weighted by molar-refractivity contribution is 7.90. The highest BCUT2D eigenvalue weighted by Gasteiger charge is 2.35. The maximum absolute atomic E-state index is 11.5. The lowest BCUT2D eigenvalue weighted by Crippen LogP contribution is -2.26. The van der Waals surface area contributed by atoms with E-state index in [1.54, 1.807) is 0 Å². The number of sulfonamides is 1. The van der Waals surface area contributed by atoms with Crippen LogP contribution in [0.3, 0.4) is 0 Å². The van der Waals surface area contributed by atoms with Crippen LogP contribution >= 0.6 is 0 Å². The fourth-order valence-corrected chi connectivity index (χ4v) is 2.70. The van der Waals surface area contributed by atoms with Crippen molar-refractivity contribution in [3.8, 4) is 0 Å². The number of hydrogen-bond donors (Lipinski definition) is 1. The van der Waals surface area contributed by atoms with Gasteiger partial charge in [0, 0.05) is 6.54 Å². The summed E-state index contributed by atoms with van der Waals surface area (Å²) in [5.41, 5.74) is 1.90. The second-order valence-electron chi connectivity index (χ2n) is 3.88. The van der Waals surface area contributed by atoms with E-state index in [1.807, 2.05) is 24.3 Å². The minimum atomic E-state index is -3.06. The Bertz CT molecular complexity index is 432. The van der Waals surface area contributed by atoms with E-state index in [9.17, 15) is 8.42 Å². The molecular weight excluding hydrogens is 210 g/mol. The van der Waals surface area contributed by atoms with Crippen LogP contribution in [-0.2, 0) is 16.6 Å². The Hall–Kier alpha value is -0.870. The van der Waals surface area contributed by atoms with Crippen molar-refractivity contribution in [3.63, 3.8) is 0 Å². The van der Waals surface area contributed by atoms with Gasteiger partial charge in [0.15, 0.2) is 0 Å². The van der Waals surface area contributed by atoms with Gasteiger partial charge in [-0.3, -0.25) is 0 Å². The Morgan fingerprint density at radius 1 is 1.27 bits per heavy atom. The molecular formula is C11H14NO2S. The Morgan fingerprint density at radius 2 is 1.87 bits per heavy atom. The monoisotopic (exact) mass is 224 g/mol. The van der Waals surface area contributed by atoms with Crippen LogP contribution < -0.4 is 4.72 Å². The van der Waals surface area contributed by atoms with Gasteiger partial charge in [-0.15, -0.1) is 0 Å². The fraction of sp³-hybridized carbons (Fsp3) is 0.364. The zero-order valence-electron chi connectivity index (χ0n) is 8.44. The van der Waals surface area contributed by atoms with Gasteiger partial charge < -0.3 is 0 Å². The predicted octanol–water partition coefficient (Wildman–Crippen LogP) is 1.45. The molecule has 1 saturated carbocycles. The van der Waals surface area contributed by atoms with Gasteiger partial charge in [-0.05, 0) is 30.9 Å². The summed E-state index contributed by atoms with van der Waals surface area (Å²) in [5, 5.41) is -0.149.